The molecule has 0 atom stereocenters. The Bertz CT molecular complexity index is 716. The van der Waals surface area contributed by atoms with Gasteiger partial charge in [-0.25, -0.2) is 0 Å². The zero-order valence-corrected chi connectivity index (χ0v) is 12.3. The van der Waals surface area contributed by atoms with Crippen LogP contribution in [0.1, 0.15) is 33.2 Å². The molecule has 3 rings (SSSR count). The summed E-state index contributed by atoms with van der Waals surface area (Å²) in [6, 6.07) is 12.2. The first-order valence-electron chi connectivity index (χ1n) is 7.16. The van der Waals surface area contributed by atoms with Gasteiger partial charge in [-0.2, -0.15) is 0 Å². The molecule has 0 saturated heterocycles. The summed E-state index contributed by atoms with van der Waals surface area (Å²) in [5.41, 5.74) is 2.32. The average molecular weight is 296 g/mol. The Morgan fingerprint density at radius 1 is 1.09 bits per heavy atom. The van der Waals surface area contributed by atoms with Crippen LogP contribution in [0.25, 0.3) is 0 Å². The number of fused-ring (bicyclic) bond motifs is 1. The van der Waals surface area contributed by atoms with Gasteiger partial charge in [-0.05, 0) is 55.0 Å². The van der Waals surface area contributed by atoms with E-state index in [9.17, 15) is 9.59 Å². The van der Waals surface area contributed by atoms with Crippen LogP contribution in [0.2, 0.25) is 0 Å². The Balaban J connectivity index is 1.63. The lowest BCUT2D eigenvalue weighted by atomic mass is 10.1. The van der Waals surface area contributed by atoms with Crippen molar-refractivity contribution >= 4 is 11.6 Å². The normalized spacial score (nSPS) is 12.4. The van der Waals surface area contributed by atoms with Crippen molar-refractivity contribution in [2.45, 2.75) is 13.3 Å². The Morgan fingerprint density at radius 3 is 2.55 bits per heavy atom. The van der Waals surface area contributed by atoms with E-state index in [0.717, 1.165) is 17.7 Å². The molecule has 2 aromatic rings. The molecule has 4 heteroatoms. The van der Waals surface area contributed by atoms with Gasteiger partial charge < -0.3 is 9.47 Å². The van der Waals surface area contributed by atoms with Gasteiger partial charge in [0, 0.05) is 17.5 Å². The molecule has 0 unspecified atom stereocenters. The van der Waals surface area contributed by atoms with Crippen LogP contribution in [0.4, 0.5) is 0 Å². The van der Waals surface area contributed by atoms with Gasteiger partial charge in [0.05, 0.1) is 6.61 Å². The Hall–Kier alpha value is -2.62. The second-order valence-electron chi connectivity index (χ2n) is 5.21. The number of hydrogen-bond donors (Lipinski definition) is 0. The molecule has 0 spiro atoms. The van der Waals surface area contributed by atoms with Crippen LogP contribution in [0.3, 0.4) is 0 Å². The molecule has 4 nitrogen and oxygen atoms in total. The number of benzene rings is 2. The zero-order valence-electron chi connectivity index (χ0n) is 12.3. The lowest BCUT2D eigenvalue weighted by molar-refractivity contribution is 0.0920. The second-order valence-corrected chi connectivity index (χ2v) is 5.21. The van der Waals surface area contributed by atoms with Gasteiger partial charge in [-0.15, -0.1) is 0 Å². The second kappa shape index (κ2) is 6.02. The van der Waals surface area contributed by atoms with Crippen LogP contribution in [-0.4, -0.2) is 24.8 Å². The van der Waals surface area contributed by atoms with Crippen molar-refractivity contribution in [2.75, 3.05) is 13.2 Å². The summed E-state index contributed by atoms with van der Waals surface area (Å²) in [6.07, 6.45) is 0.837. The molecular weight excluding hydrogens is 280 g/mol. The van der Waals surface area contributed by atoms with E-state index in [-0.39, 0.29) is 18.2 Å². The molecule has 0 saturated carbocycles. The first-order chi connectivity index (χ1) is 10.6. The van der Waals surface area contributed by atoms with Crippen LogP contribution in [0.15, 0.2) is 42.5 Å². The molecular formula is C18H16O4. The van der Waals surface area contributed by atoms with Crippen LogP contribution < -0.4 is 9.47 Å². The van der Waals surface area contributed by atoms with E-state index in [1.807, 2.05) is 12.1 Å². The third-order valence-electron chi connectivity index (χ3n) is 3.64. The maximum Gasteiger partial charge on any atom is 0.200 e. The van der Waals surface area contributed by atoms with Gasteiger partial charge in [0.25, 0.3) is 0 Å². The topological polar surface area (TPSA) is 52.6 Å². The van der Waals surface area contributed by atoms with Crippen molar-refractivity contribution in [3.05, 3.63) is 59.2 Å². The smallest absolute Gasteiger partial charge is 0.200 e. The third kappa shape index (κ3) is 3.01. The van der Waals surface area contributed by atoms with E-state index in [2.05, 4.69) is 0 Å². The summed E-state index contributed by atoms with van der Waals surface area (Å²) in [4.78, 5) is 23.4. The summed E-state index contributed by atoms with van der Waals surface area (Å²) < 4.78 is 10.9. The SMILES string of the molecule is CC(=O)c1ccc(OCC(=O)c2ccc3c(c2)CCO3)cc1. The van der Waals surface area contributed by atoms with Gasteiger partial charge in [0.1, 0.15) is 11.5 Å². The van der Waals surface area contributed by atoms with E-state index in [1.54, 1.807) is 30.3 Å². The van der Waals surface area contributed by atoms with Crippen LogP contribution in [-0.2, 0) is 6.42 Å². The highest BCUT2D eigenvalue weighted by Gasteiger charge is 2.15. The minimum Gasteiger partial charge on any atom is -0.493 e. The first kappa shape index (κ1) is 14.3. The molecule has 2 aromatic carbocycles. The van der Waals surface area contributed by atoms with Crippen LogP contribution >= 0.6 is 0 Å². The summed E-state index contributed by atoms with van der Waals surface area (Å²) in [7, 11) is 0. The highest BCUT2D eigenvalue weighted by atomic mass is 16.5. The van der Waals surface area contributed by atoms with E-state index in [4.69, 9.17) is 9.47 Å². The minimum atomic E-state index is -0.0784. The molecule has 0 amide bonds. The van der Waals surface area contributed by atoms with Crippen molar-refractivity contribution in [1.82, 2.24) is 0 Å². The first-order valence-corrected chi connectivity index (χ1v) is 7.16. The van der Waals surface area contributed by atoms with Crippen LogP contribution in [0, 0.1) is 0 Å². The summed E-state index contributed by atoms with van der Waals surface area (Å²) >= 11 is 0. The van der Waals surface area contributed by atoms with E-state index >= 15 is 0 Å². The fraction of sp³-hybridized carbons (Fsp3) is 0.222. The van der Waals surface area contributed by atoms with E-state index < -0.39 is 0 Å². The maximum atomic E-state index is 12.2. The molecule has 0 aliphatic carbocycles. The number of hydrogen-bond acceptors (Lipinski definition) is 4. The highest BCUT2D eigenvalue weighted by Crippen LogP contribution is 2.26. The Morgan fingerprint density at radius 2 is 1.82 bits per heavy atom. The predicted octanol–water partition coefficient (Wildman–Crippen LogP) is 3.09. The van der Waals surface area contributed by atoms with Crippen molar-refractivity contribution in [1.29, 1.82) is 0 Å². The monoisotopic (exact) mass is 296 g/mol. The quantitative estimate of drug-likeness (QED) is 0.796. The van der Waals surface area contributed by atoms with Gasteiger partial charge in [0.2, 0.25) is 0 Å². The molecule has 0 radical (unpaired) electrons. The zero-order chi connectivity index (χ0) is 15.5. The number of Topliss-reactive ketones (excluding diaryl/α,β-unsaturated/α-hetero) is 2. The fourth-order valence-electron chi connectivity index (χ4n) is 2.38. The van der Waals surface area contributed by atoms with Gasteiger partial charge in [0.15, 0.2) is 18.2 Å². The summed E-state index contributed by atoms with van der Waals surface area (Å²) in [5.74, 6) is 1.36. The maximum absolute atomic E-state index is 12.2. The molecule has 0 aromatic heterocycles. The largest absolute Gasteiger partial charge is 0.493 e. The van der Waals surface area contributed by atoms with E-state index in [0.29, 0.717) is 23.5 Å². The molecule has 1 heterocycles. The number of carbonyl (C=O) groups is 2. The third-order valence-corrected chi connectivity index (χ3v) is 3.64. The Labute approximate surface area is 128 Å². The summed E-state index contributed by atoms with van der Waals surface area (Å²) in [6.45, 7) is 2.15. The lowest BCUT2D eigenvalue weighted by Gasteiger charge is -2.07. The number of carbonyl (C=O) groups excluding carboxylic acids is 2. The molecule has 1 aliphatic heterocycles. The minimum absolute atomic E-state index is 0.00277. The van der Waals surface area contributed by atoms with Gasteiger partial charge in [-0.3, -0.25) is 9.59 Å². The fourth-order valence-corrected chi connectivity index (χ4v) is 2.38. The van der Waals surface area contributed by atoms with Crippen molar-refractivity contribution in [3.8, 4) is 11.5 Å². The summed E-state index contributed by atoms with van der Waals surface area (Å²) in [5, 5.41) is 0. The number of ketones is 2. The van der Waals surface area contributed by atoms with Gasteiger partial charge in [-0.1, -0.05) is 0 Å². The van der Waals surface area contributed by atoms with Gasteiger partial charge >= 0.3 is 0 Å². The van der Waals surface area contributed by atoms with E-state index in [1.165, 1.54) is 6.92 Å². The molecule has 0 bridgehead atoms. The van der Waals surface area contributed by atoms with Crippen molar-refractivity contribution in [3.63, 3.8) is 0 Å². The lowest BCUT2D eigenvalue weighted by Crippen LogP contribution is -2.11. The van der Waals surface area contributed by atoms with Crippen molar-refractivity contribution < 1.29 is 19.1 Å². The number of ether oxygens (including phenoxy) is 2. The van der Waals surface area contributed by atoms with Crippen molar-refractivity contribution in [2.24, 2.45) is 0 Å². The van der Waals surface area contributed by atoms with Crippen LogP contribution in [0.5, 0.6) is 11.5 Å². The highest BCUT2D eigenvalue weighted by molar-refractivity contribution is 5.97. The number of rotatable bonds is 5. The predicted molar refractivity (Wildman–Crippen MR) is 81.9 cm³/mol. The molecule has 22 heavy (non-hydrogen) atoms. The standard InChI is InChI=1S/C18H16O4/c1-12(19)13-2-5-16(6-3-13)22-11-17(20)14-4-7-18-15(10-14)8-9-21-18/h2-7,10H,8-9,11H2,1H3. The molecule has 0 fully saturated rings. The molecule has 112 valence electrons. The molecule has 0 N–H and O–H groups in total. The molecule has 1 aliphatic rings. The Kier molecular flexibility index (Phi) is 3.92. The average Bonchev–Trinajstić information content (AvgIpc) is 3.00.